The SMILES string of the molecule is CCC(N)C(c1ccc(C)s1)N(CC(N)=O)C1CCCC1. The van der Waals surface area contributed by atoms with Crippen molar-refractivity contribution in [3.05, 3.63) is 21.9 Å². The molecule has 5 heteroatoms. The van der Waals surface area contributed by atoms with Crippen LogP contribution in [-0.2, 0) is 4.79 Å². The van der Waals surface area contributed by atoms with Gasteiger partial charge in [0.05, 0.1) is 12.6 Å². The first-order valence-corrected chi connectivity index (χ1v) is 8.70. The van der Waals surface area contributed by atoms with E-state index in [1.54, 1.807) is 11.3 Å². The summed E-state index contributed by atoms with van der Waals surface area (Å²) in [6, 6.07) is 4.85. The molecule has 118 valence electrons. The van der Waals surface area contributed by atoms with Crippen molar-refractivity contribution in [2.75, 3.05) is 6.54 Å². The molecule has 0 spiro atoms. The Morgan fingerprint density at radius 1 is 1.43 bits per heavy atom. The molecular weight excluding hydrogens is 282 g/mol. The fraction of sp³-hybridized carbons (Fsp3) is 0.688. The topological polar surface area (TPSA) is 72.3 Å². The first-order valence-electron chi connectivity index (χ1n) is 7.89. The standard InChI is InChI=1S/C16H27N3OS/c1-3-13(17)16(14-9-8-11(2)21-14)19(10-15(18)20)12-6-4-5-7-12/h8-9,12-13,16H,3-7,10,17H2,1-2H3,(H2,18,20). The maximum absolute atomic E-state index is 11.6. The van der Waals surface area contributed by atoms with Gasteiger partial charge in [-0.3, -0.25) is 9.69 Å². The molecule has 1 aliphatic carbocycles. The minimum atomic E-state index is -0.261. The van der Waals surface area contributed by atoms with Crippen molar-refractivity contribution >= 4 is 17.2 Å². The summed E-state index contributed by atoms with van der Waals surface area (Å²) in [5.41, 5.74) is 11.9. The van der Waals surface area contributed by atoms with Crippen molar-refractivity contribution in [2.45, 2.75) is 64.1 Å². The molecule has 2 atom stereocenters. The summed E-state index contributed by atoms with van der Waals surface area (Å²) in [5.74, 6) is -0.261. The molecule has 1 fully saturated rings. The zero-order valence-corrected chi connectivity index (χ0v) is 13.9. The highest BCUT2D eigenvalue weighted by Crippen LogP contribution is 2.36. The van der Waals surface area contributed by atoms with Crippen LogP contribution in [0.2, 0.25) is 0 Å². The Bertz CT molecular complexity index is 468. The summed E-state index contributed by atoms with van der Waals surface area (Å²) >= 11 is 1.78. The van der Waals surface area contributed by atoms with Gasteiger partial charge in [0.1, 0.15) is 0 Å². The number of nitrogens with zero attached hydrogens (tertiary/aromatic N) is 1. The molecule has 1 aromatic rings. The molecule has 1 saturated carbocycles. The zero-order valence-electron chi connectivity index (χ0n) is 13.0. The Morgan fingerprint density at radius 2 is 2.10 bits per heavy atom. The number of hydrogen-bond donors (Lipinski definition) is 2. The van der Waals surface area contributed by atoms with Crippen molar-refractivity contribution in [1.29, 1.82) is 0 Å². The van der Waals surface area contributed by atoms with Gasteiger partial charge in [-0.25, -0.2) is 0 Å². The fourth-order valence-corrected chi connectivity index (χ4v) is 4.40. The average Bonchev–Trinajstić information content (AvgIpc) is 3.09. The first-order chi connectivity index (χ1) is 10.0. The predicted molar refractivity (Wildman–Crippen MR) is 88.2 cm³/mol. The lowest BCUT2D eigenvalue weighted by molar-refractivity contribution is -0.120. The van der Waals surface area contributed by atoms with Gasteiger partial charge in [-0.2, -0.15) is 0 Å². The van der Waals surface area contributed by atoms with Gasteiger partial charge in [-0.1, -0.05) is 19.8 Å². The molecule has 21 heavy (non-hydrogen) atoms. The van der Waals surface area contributed by atoms with Crippen LogP contribution in [0.5, 0.6) is 0 Å². The Kier molecular flexibility index (Phi) is 5.79. The monoisotopic (exact) mass is 309 g/mol. The lowest BCUT2D eigenvalue weighted by atomic mass is 10.00. The van der Waals surface area contributed by atoms with E-state index in [2.05, 4.69) is 30.9 Å². The maximum atomic E-state index is 11.6. The molecule has 1 aromatic heterocycles. The van der Waals surface area contributed by atoms with Crippen molar-refractivity contribution in [3.8, 4) is 0 Å². The van der Waals surface area contributed by atoms with Gasteiger partial charge in [0, 0.05) is 21.8 Å². The van der Waals surface area contributed by atoms with E-state index in [4.69, 9.17) is 11.5 Å². The van der Waals surface area contributed by atoms with Crippen molar-refractivity contribution in [2.24, 2.45) is 11.5 Å². The minimum Gasteiger partial charge on any atom is -0.369 e. The van der Waals surface area contributed by atoms with Gasteiger partial charge in [0.2, 0.25) is 5.91 Å². The Labute approximate surface area is 131 Å². The molecule has 0 saturated heterocycles. The van der Waals surface area contributed by atoms with E-state index in [1.165, 1.54) is 22.6 Å². The highest BCUT2D eigenvalue weighted by molar-refractivity contribution is 7.12. The fourth-order valence-electron chi connectivity index (χ4n) is 3.33. The van der Waals surface area contributed by atoms with Gasteiger partial charge < -0.3 is 11.5 Å². The first kappa shape index (κ1) is 16.5. The van der Waals surface area contributed by atoms with Crippen molar-refractivity contribution < 1.29 is 4.79 Å². The van der Waals surface area contributed by atoms with Crippen LogP contribution in [0.1, 0.15) is 54.8 Å². The smallest absolute Gasteiger partial charge is 0.231 e. The molecule has 2 rings (SSSR count). The van der Waals surface area contributed by atoms with Crippen molar-refractivity contribution in [3.63, 3.8) is 0 Å². The van der Waals surface area contributed by atoms with E-state index >= 15 is 0 Å². The van der Waals surface area contributed by atoms with Crippen LogP contribution in [0.25, 0.3) is 0 Å². The van der Waals surface area contributed by atoms with Gasteiger partial charge in [0.15, 0.2) is 0 Å². The van der Waals surface area contributed by atoms with Crippen LogP contribution in [0.4, 0.5) is 0 Å². The van der Waals surface area contributed by atoms with Gasteiger partial charge in [0.25, 0.3) is 0 Å². The third kappa shape index (κ3) is 4.05. The predicted octanol–water partition coefficient (Wildman–Crippen LogP) is 2.56. The number of amides is 1. The number of hydrogen-bond acceptors (Lipinski definition) is 4. The highest BCUT2D eigenvalue weighted by atomic mass is 32.1. The van der Waals surface area contributed by atoms with Crippen LogP contribution in [0.15, 0.2) is 12.1 Å². The number of thiophene rings is 1. The Balaban J connectivity index is 2.31. The lowest BCUT2D eigenvalue weighted by Crippen LogP contribution is -2.48. The summed E-state index contributed by atoms with van der Waals surface area (Å²) in [6.07, 6.45) is 5.65. The number of carbonyl (C=O) groups is 1. The molecule has 4 nitrogen and oxygen atoms in total. The second-order valence-electron chi connectivity index (χ2n) is 6.04. The van der Waals surface area contributed by atoms with Crippen LogP contribution >= 0.6 is 11.3 Å². The normalized spacial score (nSPS) is 19.0. The van der Waals surface area contributed by atoms with Crippen LogP contribution in [0.3, 0.4) is 0 Å². The Morgan fingerprint density at radius 3 is 2.57 bits per heavy atom. The summed E-state index contributed by atoms with van der Waals surface area (Å²) in [7, 11) is 0. The van der Waals surface area contributed by atoms with Crippen LogP contribution in [0, 0.1) is 6.92 Å². The second-order valence-corrected chi connectivity index (χ2v) is 7.36. The molecule has 0 bridgehead atoms. The molecule has 4 N–H and O–H groups in total. The van der Waals surface area contributed by atoms with E-state index in [1.807, 2.05) is 0 Å². The number of aryl methyl sites for hydroxylation is 1. The summed E-state index contributed by atoms with van der Waals surface area (Å²) in [5, 5.41) is 0. The van der Waals surface area contributed by atoms with Gasteiger partial charge >= 0.3 is 0 Å². The number of rotatable bonds is 7. The maximum Gasteiger partial charge on any atom is 0.231 e. The number of primary amides is 1. The van der Waals surface area contributed by atoms with E-state index in [0.717, 1.165) is 19.3 Å². The molecule has 1 amide bonds. The quantitative estimate of drug-likeness (QED) is 0.813. The molecule has 1 aliphatic rings. The molecular formula is C16H27N3OS. The second kappa shape index (κ2) is 7.38. The third-order valence-corrected chi connectivity index (χ3v) is 5.49. The molecule has 0 aliphatic heterocycles. The zero-order chi connectivity index (χ0) is 15.4. The van der Waals surface area contributed by atoms with Crippen molar-refractivity contribution in [1.82, 2.24) is 4.90 Å². The molecule has 2 unspecified atom stereocenters. The summed E-state index contributed by atoms with van der Waals surface area (Å²) in [4.78, 5) is 16.4. The summed E-state index contributed by atoms with van der Waals surface area (Å²) in [6.45, 7) is 4.52. The molecule has 0 radical (unpaired) electrons. The Hall–Kier alpha value is -0.910. The number of carbonyl (C=O) groups excluding carboxylic acids is 1. The van der Waals surface area contributed by atoms with Crippen LogP contribution < -0.4 is 11.5 Å². The van der Waals surface area contributed by atoms with E-state index in [0.29, 0.717) is 12.6 Å². The summed E-state index contributed by atoms with van der Waals surface area (Å²) < 4.78 is 0. The van der Waals surface area contributed by atoms with E-state index in [9.17, 15) is 4.79 Å². The number of nitrogens with two attached hydrogens (primary N) is 2. The average molecular weight is 309 g/mol. The van der Waals surface area contributed by atoms with E-state index < -0.39 is 0 Å². The highest BCUT2D eigenvalue weighted by Gasteiger charge is 2.34. The third-order valence-electron chi connectivity index (χ3n) is 4.42. The molecule has 1 heterocycles. The largest absolute Gasteiger partial charge is 0.369 e. The van der Waals surface area contributed by atoms with Crippen LogP contribution in [-0.4, -0.2) is 29.4 Å². The molecule has 0 aromatic carbocycles. The van der Waals surface area contributed by atoms with Gasteiger partial charge in [-0.05, 0) is 38.3 Å². The van der Waals surface area contributed by atoms with Gasteiger partial charge in [-0.15, -0.1) is 11.3 Å². The minimum absolute atomic E-state index is 0.0306. The van der Waals surface area contributed by atoms with E-state index in [-0.39, 0.29) is 18.0 Å². The lowest BCUT2D eigenvalue weighted by Gasteiger charge is -2.38.